The second-order valence-electron chi connectivity index (χ2n) is 8.32. The summed E-state index contributed by atoms with van der Waals surface area (Å²) in [5, 5.41) is 0.614. The number of rotatable bonds is 5. The largest absolute Gasteiger partial charge is 0.449 e. The molecule has 0 unspecified atom stereocenters. The molecule has 1 saturated heterocycles. The monoisotopic (exact) mass is 454 g/mol. The fourth-order valence-electron chi connectivity index (χ4n) is 4.11. The lowest BCUT2D eigenvalue weighted by molar-refractivity contribution is 0.0762. The van der Waals surface area contributed by atoms with Crippen LogP contribution in [-0.2, 0) is 10.0 Å². The van der Waals surface area contributed by atoms with Gasteiger partial charge in [0.2, 0.25) is 0 Å². The number of ketones is 1. The first kappa shape index (κ1) is 22.1. The molecule has 32 heavy (non-hydrogen) atoms. The van der Waals surface area contributed by atoms with Crippen molar-refractivity contribution in [2.45, 2.75) is 45.4 Å². The average Bonchev–Trinajstić information content (AvgIpc) is 3.37. The molecule has 1 amide bonds. The van der Waals surface area contributed by atoms with Crippen molar-refractivity contribution in [3.8, 4) is 0 Å². The van der Waals surface area contributed by atoms with Crippen LogP contribution in [0.15, 0.2) is 39.6 Å². The summed E-state index contributed by atoms with van der Waals surface area (Å²) in [7, 11) is -4.03. The smallest absolute Gasteiger partial charge is 0.289 e. The second-order valence-corrected chi connectivity index (χ2v) is 9.94. The van der Waals surface area contributed by atoms with E-state index in [0.29, 0.717) is 40.9 Å². The Kier molecular flexibility index (Phi) is 5.58. The molecule has 168 valence electrons. The molecule has 1 aliphatic rings. The summed E-state index contributed by atoms with van der Waals surface area (Å²) >= 11 is 0. The van der Waals surface area contributed by atoms with Crippen molar-refractivity contribution in [2.24, 2.45) is 0 Å². The number of furan rings is 1. The zero-order chi connectivity index (χ0) is 23.2. The van der Waals surface area contributed by atoms with Gasteiger partial charge in [-0.3, -0.25) is 14.3 Å². The standard InChI is InChI=1S/C24H26N2O5S/c1-14-13-20-16(3)21(24(28)26-11-5-6-12-26)31-22(20)23(15(14)2)32(29,30)25-19-9-7-18(8-10-19)17(4)27/h7-10,13,25H,5-6,11-12H2,1-4H3. The molecule has 1 fully saturated rings. The van der Waals surface area contributed by atoms with E-state index in [0.717, 1.165) is 18.4 Å². The molecule has 3 aromatic rings. The number of hydrogen-bond acceptors (Lipinski definition) is 5. The van der Waals surface area contributed by atoms with Crippen LogP contribution in [0.1, 0.15) is 57.4 Å². The quantitative estimate of drug-likeness (QED) is 0.569. The lowest BCUT2D eigenvalue weighted by Gasteiger charge is -2.13. The molecule has 1 aromatic heterocycles. The van der Waals surface area contributed by atoms with E-state index in [2.05, 4.69) is 4.72 Å². The van der Waals surface area contributed by atoms with Crippen LogP contribution in [0, 0.1) is 20.8 Å². The molecule has 0 radical (unpaired) electrons. The highest BCUT2D eigenvalue weighted by molar-refractivity contribution is 7.93. The molecule has 0 spiro atoms. The van der Waals surface area contributed by atoms with E-state index in [-0.39, 0.29) is 27.9 Å². The lowest BCUT2D eigenvalue weighted by atomic mass is 10.0. The minimum Gasteiger partial charge on any atom is -0.449 e. The van der Waals surface area contributed by atoms with Gasteiger partial charge < -0.3 is 9.32 Å². The van der Waals surface area contributed by atoms with E-state index < -0.39 is 10.0 Å². The van der Waals surface area contributed by atoms with E-state index in [1.807, 2.05) is 13.0 Å². The van der Waals surface area contributed by atoms with Gasteiger partial charge in [0.1, 0.15) is 4.90 Å². The van der Waals surface area contributed by atoms with E-state index in [4.69, 9.17) is 4.42 Å². The molecule has 0 bridgehead atoms. The molecule has 8 heteroatoms. The number of hydrogen-bond donors (Lipinski definition) is 1. The van der Waals surface area contributed by atoms with Crippen LogP contribution in [-0.4, -0.2) is 38.1 Å². The van der Waals surface area contributed by atoms with Gasteiger partial charge in [0, 0.05) is 35.3 Å². The van der Waals surface area contributed by atoms with Gasteiger partial charge in [0.15, 0.2) is 17.1 Å². The molecule has 1 N–H and O–H groups in total. The zero-order valence-corrected chi connectivity index (χ0v) is 19.4. The maximum absolute atomic E-state index is 13.4. The van der Waals surface area contributed by atoms with Crippen molar-refractivity contribution < 1.29 is 22.4 Å². The van der Waals surface area contributed by atoms with Gasteiger partial charge in [-0.1, -0.05) is 0 Å². The first-order valence-electron chi connectivity index (χ1n) is 10.6. The minimum absolute atomic E-state index is 0.0201. The van der Waals surface area contributed by atoms with Crippen molar-refractivity contribution in [1.82, 2.24) is 4.90 Å². The number of carbonyl (C=O) groups is 2. The number of nitrogens with one attached hydrogen (secondary N) is 1. The third-order valence-corrected chi connectivity index (χ3v) is 7.63. The SMILES string of the molecule is CC(=O)c1ccc(NS(=O)(=O)c2c(C)c(C)cc3c(C)c(C(=O)N4CCCC4)oc23)cc1. The van der Waals surface area contributed by atoms with E-state index in [9.17, 15) is 18.0 Å². The number of anilines is 1. The fourth-order valence-corrected chi connectivity index (χ4v) is 5.62. The van der Waals surface area contributed by atoms with Gasteiger partial charge in [-0.15, -0.1) is 0 Å². The maximum Gasteiger partial charge on any atom is 0.289 e. The number of fused-ring (bicyclic) bond motifs is 1. The number of amides is 1. The van der Waals surface area contributed by atoms with Crippen LogP contribution in [0.2, 0.25) is 0 Å². The van der Waals surface area contributed by atoms with Crippen LogP contribution >= 0.6 is 0 Å². The summed E-state index contributed by atoms with van der Waals surface area (Å²) in [5.74, 6) is -0.117. The molecular formula is C24H26N2O5S. The number of benzene rings is 2. The highest BCUT2D eigenvalue weighted by atomic mass is 32.2. The Labute approximate surface area is 187 Å². The topological polar surface area (TPSA) is 96.7 Å². The number of likely N-dealkylation sites (tertiary alicyclic amines) is 1. The van der Waals surface area contributed by atoms with E-state index in [1.54, 1.807) is 43.0 Å². The van der Waals surface area contributed by atoms with Crippen molar-refractivity contribution in [1.29, 1.82) is 0 Å². The van der Waals surface area contributed by atoms with Crippen LogP contribution in [0.25, 0.3) is 11.0 Å². The fraction of sp³-hybridized carbons (Fsp3) is 0.333. The molecule has 2 aromatic carbocycles. The Morgan fingerprint density at radius 2 is 1.62 bits per heavy atom. The van der Waals surface area contributed by atoms with Gasteiger partial charge >= 0.3 is 0 Å². The molecule has 0 saturated carbocycles. The zero-order valence-electron chi connectivity index (χ0n) is 18.6. The molecule has 0 aliphatic carbocycles. The van der Waals surface area contributed by atoms with Gasteiger partial charge in [0.05, 0.1) is 0 Å². The first-order chi connectivity index (χ1) is 15.1. The molecular weight excluding hydrogens is 428 g/mol. The van der Waals surface area contributed by atoms with Crippen LogP contribution < -0.4 is 4.72 Å². The summed E-state index contributed by atoms with van der Waals surface area (Å²) in [5.41, 5.74) is 2.99. The van der Waals surface area contributed by atoms with Crippen molar-refractivity contribution in [2.75, 3.05) is 17.8 Å². The minimum atomic E-state index is -4.03. The molecule has 0 atom stereocenters. The van der Waals surface area contributed by atoms with Gasteiger partial charge in [-0.05, 0) is 82.0 Å². The number of carbonyl (C=O) groups excluding carboxylic acids is 2. The second kappa shape index (κ2) is 8.09. The molecule has 7 nitrogen and oxygen atoms in total. The molecule has 1 aliphatic heterocycles. The summed E-state index contributed by atoms with van der Waals surface area (Å²) < 4.78 is 35.4. The normalized spacial score (nSPS) is 14.2. The highest BCUT2D eigenvalue weighted by Crippen LogP contribution is 2.36. The van der Waals surface area contributed by atoms with E-state index in [1.165, 1.54) is 6.92 Å². The van der Waals surface area contributed by atoms with Crippen LogP contribution in [0.5, 0.6) is 0 Å². The van der Waals surface area contributed by atoms with Crippen molar-refractivity contribution in [3.63, 3.8) is 0 Å². The maximum atomic E-state index is 13.4. The lowest BCUT2D eigenvalue weighted by Crippen LogP contribution is -2.27. The van der Waals surface area contributed by atoms with Crippen LogP contribution in [0.4, 0.5) is 5.69 Å². The predicted molar refractivity (Wildman–Crippen MR) is 123 cm³/mol. The van der Waals surface area contributed by atoms with Gasteiger partial charge in [-0.25, -0.2) is 8.42 Å². The summed E-state index contributed by atoms with van der Waals surface area (Å²) in [6, 6.07) is 8.11. The average molecular weight is 455 g/mol. The predicted octanol–water partition coefficient (Wildman–Crippen LogP) is 4.60. The number of sulfonamides is 1. The Bertz CT molecular complexity index is 1330. The third-order valence-electron chi connectivity index (χ3n) is 6.09. The summed E-state index contributed by atoms with van der Waals surface area (Å²) in [4.78, 5) is 26.2. The van der Waals surface area contributed by atoms with Gasteiger partial charge in [-0.2, -0.15) is 0 Å². The first-order valence-corrected chi connectivity index (χ1v) is 12.0. The third kappa shape index (κ3) is 3.79. The van der Waals surface area contributed by atoms with Crippen molar-refractivity contribution in [3.05, 3.63) is 58.3 Å². The number of nitrogens with zero attached hydrogens (tertiary/aromatic N) is 1. The number of aryl methyl sites for hydroxylation is 2. The molecule has 4 rings (SSSR count). The van der Waals surface area contributed by atoms with Crippen molar-refractivity contribution >= 4 is 38.4 Å². The Balaban J connectivity index is 1.81. The van der Waals surface area contributed by atoms with E-state index >= 15 is 0 Å². The summed E-state index contributed by atoms with van der Waals surface area (Å²) in [6.45, 7) is 8.15. The van der Waals surface area contributed by atoms with Crippen LogP contribution in [0.3, 0.4) is 0 Å². The Morgan fingerprint density at radius 3 is 2.22 bits per heavy atom. The Hall–Kier alpha value is -3.13. The van der Waals surface area contributed by atoms with Gasteiger partial charge in [0.25, 0.3) is 15.9 Å². The highest BCUT2D eigenvalue weighted by Gasteiger charge is 2.30. The summed E-state index contributed by atoms with van der Waals surface area (Å²) in [6.07, 6.45) is 1.91. The Morgan fingerprint density at radius 1 is 1.00 bits per heavy atom. The molecule has 2 heterocycles. The number of Topliss-reactive ketones (excluding diaryl/α,β-unsaturated/α-hetero) is 1.